The molecular weight excluding hydrogens is 531 g/mol. The van der Waals surface area contributed by atoms with Crippen LogP contribution in [0.25, 0.3) is 0 Å². The molecule has 0 amide bonds. The van der Waals surface area contributed by atoms with Gasteiger partial charge < -0.3 is 5.11 Å². The van der Waals surface area contributed by atoms with E-state index in [0.717, 1.165) is 51.4 Å². The number of ketones is 4. The van der Waals surface area contributed by atoms with Crippen LogP contribution in [-0.4, -0.2) is 40.5 Å². The van der Waals surface area contributed by atoms with Crippen LogP contribution in [0.3, 0.4) is 0 Å². The van der Waals surface area contributed by atoms with Crippen LogP contribution in [0.1, 0.15) is 104 Å². The van der Waals surface area contributed by atoms with Crippen molar-refractivity contribution in [1.29, 1.82) is 0 Å². The molecule has 0 spiro atoms. The first-order valence-electron chi connectivity index (χ1n) is 16.9. The van der Waals surface area contributed by atoms with Crippen molar-refractivity contribution >= 4 is 23.1 Å². The first-order chi connectivity index (χ1) is 20.0. The van der Waals surface area contributed by atoms with Gasteiger partial charge in [0.1, 0.15) is 17.7 Å². The van der Waals surface area contributed by atoms with Crippen LogP contribution < -0.4 is 0 Å². The molecule has 8 rings (SSSR count). The maximum Gasteiger partial charge on any atom is 0.155 e. The summed E-state index contributed by atoms with van der Waals surface area (Å²) in [5.74, 6) is 3.76. The van der Waals surface area contributed by atoms with Gasteiger partial charge in [-0.25, -0.2) is 4.39 Å². The number of Topliss-reactive ketones (excluding diaryl/α,β-unsaturated/α-hetero) is 2. The second-order valence-corrected chi connectivity index (χ2v) is 15.7. The number of aliphatic hydroxyl groups is 1. The number of alkyl halides is 1. The van der Waals surface area contributed by atoms with Crippen molar-refractivity contribution in [3.8, 4) is 0 Å². The Morgan fingerprint density at radius 1 is 0.643 bits per heavy atom. The van der Waals surface area contributed by atoms with Crippen LogP contribution in [0.2, 0.25) is 0 Å². The zero-order chi connectivity index (χ0) is 29.6. The van der Waals surface area contributed by atoms with Gasteiger partial charge in [-0.15, -0.1) is 0 Å². The summed E-state index contributed by atoms with van der Waals surface area (Å²) in [5, 5.41) is 10.8. The first kappa shape index (κ1) is 28.8. The number of allylic oxidation sites excluding steroid dienone is 2. The summed E-state index contributed by atoms with van der Waals surface area (Å²) >= 11 is 0. The molecular formula is C36H47FO5. The summed E-state index contributed by atoms with van der Waals surface area (Å²) in [7, 11) is 0. The molecule has 0 saturated heterocycles. The van der Waals surface area contributed by atoms with E-state index in [9.17, 15) is 28.7 Å². The van der Waals surface area contributed by atoms with Crippen molar-refractivity contribution in [2.75, 3.05) is 0 Å². The SMILES string of the molecule is C[C@]12CC(O)C3C4CCC(=O)C=C4CCC3C1CCC2=O.C[C@]12C[C@H](F)C3C4CCC(=O)C=C4CCC3C1CCC2=O. The predicted molar refractivity (Wildman–Crippen MR) is 156 cm³/mol. The molecule has 9 unspecified atom stereocenters. The van der Waals surface area contributed by atoms with Gasteiger partial charge in [0.2, 0.25) is 0 Å². The Morgan fingerprint density at radius 2 is 1.12 bits per heavy atom. The molecule has 0 bridgehead atoms. The zero-order valence-electron chi connectivity index (χ0n) is 25.3. The lowest BCUT2D eigenvalue weighted by Gasteiger charge is -2.54. The van der Waals surface area contributed by atoms with E-state index < -0.39 is 11.6 Å². The molecule has 0 heterocycles. The number of aliphatic hydroxyl groups excluding tert-OH is 1. The molecule has 6 saturated carbocycles. The Bertz CT molecular complexity index is 1170. The lowest BCUT2D eigenvalue weighted by molar-refractivity contribution is -0.140. The van der Waals surface area contributed by atoms with E-state index in [-0.39, 0.29) is 46.6 Å². The van der Waals surface area contributed by atoms with E-state index in [1.807, 2.05) is 13.0 Å². The smallest absolute Gasteiger partial charge is 0.155 e. The van der Waals surface area contributed by atoms with E-state index in [2.05, 4.69) is 6.92 Å². The Hall–Kier alpha value is -1.95. The first-order valence-corrected chi connectivity index (χ1v) is 16.9. The number of carbonyl (C=O) groups excluding carboxylic acids is 4. The molecule has 228 valence electrons. The Labute approximate surface area is 249 Å². The molecule has 12 atom stereocenters. The summed E-state index contributed by atoms with van der Waals surface area (Å²) in [5.41, 5.74) is 1.78. The fourth-order valence-electron chi connectivity index (χ4n) is 12.0. The van der Waals surface area contributed by atoms with Crippen molar-refractivity contribution in [2.45, 2.75) is 116 Å². The highest BCUT2D eigenvalue weighted by molar-refractivity contribution is 5.92. The maximum atomic E-state index is 15.0. The maximum absolute atomic E-state index is 15.0. The van der Waals surface area contributed by atoms with E-state index in [0.29, 0.717) is 73.9 Å². The molecule has 5 nitrogen and oxygen atoms in total. The summed E-state index contributed by atoms with van der Waals surface area (Å²) in [6.45, 7) is 4.09. The molecule has 0 aromatic carbocycles. The van der Waals surface area contributed by atoms with Gasteiger partial charge in [0, 0.05) is 36.5 Å². The average Bonchev–Trinajstić information content (AvgIpc) is 3.42. The van der Waals surface area contributed by atoms with Crippen molar-refractivity contribution in [1.82, 2.24) is 0 Å². The van der Waals surface area contributed by atoms with Crippen molar-refractivity contribution in [2.24, 2.45) is 58.2 Å². The minimum atomic E-state index is -0.875. The van der Waals surface area contributed by atoms with Gasteiger partial charge in [-0.3, -0.25) is 19.2 Å². The molecule has 8 aliphatic rings. The van der Waals surface area contributed by atoms with Crippen LogP contribution in [0, 0.1) is 58.2 Å². The van der Waals surface area contributed by atoms with Crippen LogP contribution in [-0.2, 0) is 19.2 Å². The van der Waals surface area contributed by atoms with Crippen LogP contribution >= 0.6 is 0 Å². The molecule has 0 aromatic rings. The second kappa shape index (κ2) is 10.3. The van der Waals surface area contributed by atoms with Gasteiger partial charge in [0.15, 0.2) is 11.6 Å². The number of carbonyl (C=O) groups is 4. The molecule has 6 heteroatoms. The second-order valence-electron chi connectivity index (χ2n) is 15.7. The van der Waals surface area contributed by atoms with Gasteiger partial charge in [-0.2, -0.15) is 0 Å². The Morgan fingerprint density at radius 3 is 1.67 bits per heavy atom. The highest BCUT2D eigenvalue weighted by Crippen LogP contribution is 2.62. The highest BCUT2D eigenvalue weighted by Gasteiger charge is 2.60. The van der Waals surface area contributed by atoms with Crippen molar-refractivity contribution in [3.05, 3.63) is 23.3 Å². The molecule has 0 radical (unpaired) electrons. The van der Waals surface area contributed by atoms with E-state index in [1.54, 1.807) is 6.08 Å². The van der Waals surface area contributed by atoms with Gasteiger partial charge in [-0.05, 0) is 124 Å². The standard InChI is InChI=1S/C18H23FO2.C18H24O3/c1-18-9-15(19)17-12-5-3-11(20)8-10(12)2-4-13(17)14(18)6-7-16(18)21;1-18-9-15(20)17-12-5-3-11(19)8-10(12)2-4-13(17)14(18)6-7-16(18)21/h8,12-15,17H,2-7,9H2,1H3;8,12-15,17,20H,2-7,9H2,1H3/t12?,13?,14?,15-,17?,18-;12?,13?,14?,15?,17?,18-/m00/s1. The van der Waals surface area contributed by atoms with Gasteiger partial charge in [0.05, 0.1) is 6.10 Å². The predicted octanol–water partition coefficient (Wildman–Crippen LogP) is 6.31. The topological polar surface area (TPSA) is 88.5 Å². The number of halogens is 1. The monoisotopic (exact) mass is 578 g/mol. The summed E-state index contributed by atoms with van der Waals surface area (Å²) in [6, 6.07) is 0. The minimum Gasteiger partial charge on any atom is -0.393 e. The van der Waals surface area contributed by atoms with E-state index in [4.69, 9.17) is 0 Å². The third kappa shape index (κ3) is 4.31. The third-order valence-corrected chi connectivity index (χ3v) is 13.9. The van der Waals surface area contributed by atoms with Crippen molar-refractivity contribution in [3.63, 3.8) is 0 Å². The number of hydrogen-bond acceptors (Lipinski definition) is 5. The lowest BCUT2D eigenvalue weighted by atomic mass is 9.51. The Balaban J connectivity index is 0.000000137. The Kier molecular flexibility index (Phi) is 7.07. The van der Waals surface area contributed by atoms with Gasteiger partial charge in [0.25, 0.3) is 0 Å². The molecule has 42 heavy (non-hydrogen) atoms. The summed E-state index contributed by atoms with van der Waals surface area (Å²) in [6.07, 6.45) is 13.6. The number of rotatable bonds is 0. The minimum absolute atomic E-state index is 0.0575. The fraction of sp³-hybridized carbons (Fsp3) is 0.778. The molecule has 6 fully saturated rings. The fourth-order valence-corrected chi connectivity index (χ4v) is 12.0. The normalized spacial score (nSPS) is 49.2. The molecule has 0 aromatic heterocycles. The molecule has 8 aliphatic carbocycles. The van der Waals surface area contributed by atoms with Gasteiger partial charge in [-0.1, -0.05) is 25.0 Å². The van der Waals surface area contributed by atoms with Crippen LogP contribution in [0.4, 0.5) is 4.39 Å². The van der Waals surface area contributed by atoms with Crippen LogP contribution in [0.5, 0.6) is 0 Å². The number of fused-ring (bicyclic) bond motifs is 10. The summed E-state index contributed by atoms with van der Waals surface area (Å²) in [4.78, 5) is 47.8. The number of hydrogen-bond donors (Lipinski definition) is 1. The van der Waals surface area contributed by atoms with Gasteiger partial charge >= 0.3 is 0 Å². The average molecular weight is 579 g/mol. The zero-order valence-corrected chi connectivity index (χ0v) is 25.3. The largest absolute Gasteiger partial charge is 0.393 e. The molecule has 1 N–H and O–H groups in total. The van der Waals surface area contributed by atoms with Crippen molar-refractivity contribution < 1.29 is 28.7 Å². The molecule has 0 aliphatic heterocycles. The van der Waals surface area contributed by atoms with E-state index in [1.165, 1.54) is 11.1 Å². The third-order valence-electron chi connectivity index (χ3n) is 13.9. The lowest BCUT2D eigenvalue weighted by Crippen LogP contribution is -2.53. The summed E-state index contributed by atoms with van der Waals surface area (Å²) < 4.78 is 15.0. The van der Waals surface area contributed by atoms with Crippen LogP contribution in [0.15, 0.2) is 23.3 Å². The van der Waals surface area contributed by atoms with E-state index >= 15 is 0 Å². The quantitative estimate of drug-likeness (QED) is 0.364. The highest BCUT2D eigenvalue weighted by atomic mass is 19.1.